The van der Waals surface area contributed by atoms with E-state index in [1.807, 2.05) is 50.4 Å². The van der Waals surface area contributed by atoms with Crippen LogP contribution in [0.4, 0.5) is 0 Å². The van der Waals surface area contributed by atoms with Crippen LogP contribution in [0.1, 0.15) is 60.0 Å². The normalized spacial score (nSPS) is 17.6. The number of nitrogens with zero attached hydrogens (tertiary/aromatic N) is 2. The molecule has 0 saturated heterocycles. The number of fused-ring (bicyclic) bond motifs is 1. The maximum absolute atomic E-state index is 13.3. The van der Waals surface area contributed by atoms with Crippen molar-refractivity contribution in [2.75, 3.05) is 13.6 Å². The fourth-order valence-corrected chi connectivity index (χ4v) is 5.32. The molecule has 0 radical (unpaired) electrons. The second-order valence-corrected chi connectivity index (χ2v) is 10.4. The van der Waals surface area contributed by atoms with E-state index in [0.717, 1.165) is 42.5 Å². The third-order valence-electron chi connectivity index (χ3n) is 7.48. The van der Waals surface area contributed by atoms with Crippen LogP contribution in [0.2, 0.25) is 0 Å². The van der Waals surface area contributed by atoms with E-state index in [4.69, 9.17) is 4.74 Å². The molecule has 1 aliphatic carbocycles. The van der Waals surface area contributed by atoms with Gasteiger partial charge < -0.3 is 14.5 Å². The van der Waals surface area contributed by atoms with Crippen LogP contribution < -0.4 is 4.74 Å². The second kappa shape index (κ2) is 10.8. The average molecular weight is 497 g/mol. The Hall–Kier alpha value is -3.60. The summed E-state index contributed by atoms with van der Waals surface area (Å²) < 4.78 is 6.32. The van der Waals surface area contributed by atoms with Crippen molar-refractivity contribution in [1.29, 1.82) is 0 Å². The number of carbonyl (C=O) groups is 2. The standard InChI is InChI=1S/C32H36N2O3/c1-4-29(32(36)33(3)21-23-10-6-5-7-11-23)37-27-16-15-24-17-18-34(31(35)25-13-14-25)30(28(24)20-27)26-12-8-9-22(2)19-26/h5-12,15-16,19-20,25,29-30H,4,13-14,17-18,21H2,1-3H3. The van der Waals surface area contributed by atoms with Gasteiger partial charge >= 0.3 is 0 Å². The number of likely N-dealkylation sites (N-methyl/N-ethyl adjacent to an activating group) is 1. The average Bonchev–Trinajstić information content (AvgIpc) is 3.76. The Labute approximate surface area is 220 Å². The molecule has 1 aliphatic heterocycles. The van der Waals surface area contributed by atoms with Crippen LogP contribution >= 0.6 is 0 Å². The van der Waals surface area contributed by atoms with Crippen LogP contribution in [0.15, 0.2) is 72.8 Å². The zero-order valence-corrected chi connectivity index (χ0v) is 22.0. The molecule has 1 fully saturated rings. The Balaban J connectivity index is 1.41. The molecule has 2 aliphatic rings. The molecule has 2 unspecified atom stereocenters. The van der Waals surface area contributed by atoms with Crippen LogP contribution in [-0.4, -0.2) is 41.3 Å². The maximum Gasteiger partial charge on any atom is 0.263 e. The van der Waals surface area contributed by atoms with Crippen LogP contribution in [-0.2, 0) is 22.6 Å². The minimum absolute atomic E-state index is 0.0372. The van der Waals surface area contributed by atoms with Gasteiger partial charge in [-0.05, 0) is 67.0 Å². The minimum atomic E-state index is -0.572. The molecule has 37 heavy (non-hydrogen) atoms. The molecule has 1 heterocycles. The quantitative estimate of drug-likeness (QED) is 0.402. The Morgan fingerprint density at radius 1 is 1.03 bits per heavy atom. The van der Waals surface area contributed by atoms with E-state index in [2.05, 4.69) is 48.2 Å². The van der Waals surface area contributed by atoms with Crippen LogP contribution in [0.5, 0.6) is 5.75 Å². The van der Waals surface area contributed by atoms with Crippen molar-refractivity contribution < 1.29 is 14.3 Å². The summed E-state index contributed by atoms with van der Waals surface area (Å²) in [7, 11) is 1.82. The summed E-state index contributed by atoms with van der Waals surface area (Å²) in [6.07, 6.45) is 2.80. The Morgan fingerprint density at radius 3 is 2.51 bits per heavy atom. The molecule has 2 amide bonds. The summed E-state index contributed by atoms with van der Waals surface area (Å²) in [6.45, 7) is 5.32. The molecular weight excluding hydrogens is 460 g/mol. The highest BCUT2D eigenvalue weighted by molar-refractivity contribution is 5.82. The molecule has 5 heteroatoms. The second-order valence-electron chi connectivity index (χ2n) is 10.4. The predicted molar refractivity (Wildman–Crippen MR) is 145 cm³/mol. The first-order valence-corrected chi connectivity index (χ1v) is 13.4. The van der Waals surface area contributed by atoms with E-state index < -0.39 is 6.10 Å². The van der Waals surface area contributed by atoms with Gasteiger partial charge in [0.2, 0.25) is 5.91 Å². The lowest BCUT2D eigenvalue weighted by molar-refractivity contribution is -0.138. The first-order chi connectivity index (χ1) is 17.9. The number of hydrogen-bond donors (Lipinski definition) is 0. The van der Waals surface area contributed by atoms with Crippen molar-refractivity contribution in [2.45, 2.75) is 58.2 Å². The molecular formula is C32H36N2O3. The maximum atomic E-state index is 13.3. The van der Waals surface area contributed by atoms with Gasteiger partial charge in [-0.25, -0.2) is 0 Å². The molecule has 3 aromatic carbocycles. The number of hydrogen-bond acceptors (Lipinski definition) is 3. The first-order valence-electron chi connectivity index (χ1n) is 13.4. The van der Waals surface area contributed by atoms with Gasteiger partial charge in [-0.15, -0.1) is 0 Å². The lowest BCUT2D eigenvalue weighted by Gasteiger charge is -2.38. The number of benzene rings is 3. The van der Waals surface area contributed by atoms with Crippen molar-refractivity contribution in [1.82, 2.24) is 9.80 Å². The number of carbonyl (C=O) groups excluding carboxylic acids is 2. The molecule has 3 aromatic rings. The van der Waals surface area contributed by atoms with Crippen molar-refractivity contribution in [3.63, 3.8) is 0 Å². The van der Waals surface area contributed by atoms with E-state index in [-0.39, 0.29) is 23.8 Å². The van der Waals surface area contributed by atoms with E-state index in [9.17, 15) is 9.59 Å². The van der Waals surface area contributed by atoms with Crippen molar-refractivity contribution in [3.05, 3.63) is 101 Å². The molecule has 0 bridgehead atoms. The van der Waals surface area contributed by atoms with E-state index >= 15 is 0 Å². The van der Waals surface area contributed by atoms with Gasteiger partial charge in [-0.2, -0.15) is 0 Å². The number of rotatable bonds is 8. The van der Waals surface area contributed by atoms with Gasteiger partial charge in [-0.1, -0.05) is 73.2 Å². The third-order valence-corrected chi connectivity index (χ3v) is 7.48. The van der Waals surface area contributed by atoms with Gasteiger partial charge in [-0.3, -0.25) is 9.59 Å². The summed E-state index contributed by atoms with van der Waals surface area (Å²) in [5.74, 6) is 1.05. The van der Waals surface area contributed by atoms with Gasteiger partial charge in [0, 0.05) is 26.1 Å². The summed E-state index contributed by atoms with van der Waals surface area (Å²) >= 11 is 0. The van der Waals surface area contributed by atoms with Crippen LogP contribution in [0.3, 0.4) is 0 Å². The fraction of sp³-hybridized carbons (Fsp3) is 0.375. The van der Waals surface area contributed by atoms with Gasteiger partial charge in [0.05, 0.1) is 6.04 Å². The third kappa shape index (κ3) is 5.56. The topological polar surface area (TPSA) is 49.9 Å². The van der Waals surface area contributed by atoms with Crippen LogP contribution in [0, 0.1) is 12.8 Å². The minimum Gasteiger partial charge on any atom is -0.481 e. The first kappa shape index (κ1) is 25.1. The zero-order chi connectivity index (χ0) is 25.9. The number of aryl methyl sites for hydroxylation is 1. The van der Waals surface area contributed by atoms with Gasteiger partial charge in [0.25, 0.3) is 5.91 Å². The largest absolute Gasteiger partial charge is 0.481 e. The summed E-state index contributed by atoms with van der Waals surface area (Å²) in [4.78, 5) is 30.4. The van der Waals surface area contributed by atoms with E-state index in [1.165, 1.54) is 11.1 Å². The molecule has 0 N–H and O–H groups in total. The number of amides is 2. The number of ether oxygens (including phenoxy) is 1. The molecule has 192 valence electrons. The molecule has 5 nitrogen and oxygen atoms in total. The highest BCUT2D eigenvalue weighted by Gasteiger charge is 2.39. The highest BCUT2D eigenvalue weighted by atomic mass is 16.5. The predicted octanol–water partition coefficient (Wildman–Crippen LogP) is 5.70. The SMILES string of the molecule is CCC(Oc1ccc2c(c1)C(c1cccc(C)c1)N(C(=O)C1CC1)CC2)C(=O)N(C)Cc1ccccc1. The van der Waals surface area contributed by atoms with Gasteiger partial charge in [0.15, 0.2) is 6.10 Å². The van der Waals surface area contributed by atoms with Gasteiger partial charge in [0.1, 0.15) is 5.75 Å². The molecule has 2 atom stereocenters. The Bertz CT molecular complexity index is 1270. The smallest absolute Gasteiger partial charge is 0.263 e. The Morgan fingerprint density at radius 2 is 1.81 bits per heavy atom. The summed E-state index contributed by atoms with van der Waals surface area (Å²) in [5, 5.41) is 0. The fourth-order valence-electron chi connectivity index (χ4n) is 5.32. The monoisotopic (exact) mass is 496 g/mol. The van der Waals surface area contributed by atoms with Crippen molar-refractivity contribution >= 4 is 11.8 Å². The highest BCUT2D eigenvalue weighted by Crippen LogP contribution is 2.41. The zero-order valence-electron chi connectivity index (χ0n) is 22.0. The lowest BCUT2D eigenvalue weighted by atomic mass is 9.87. The van der Waals surface area contributed by atoms with Crippen molar-refractivity contribution in [3.8, 4) is 5.75 Å². The molecule has 5 rings (SSSR count). The Kier molecular flexibility index (Phi) is 7.31. The van der Waals surface area contributed by atoms with Crippen molar-refractivity contribution in [2.24, 2.45) is 5.92 Å². The summed E-state index contributed by atoms with van der Waals surface area (Å²) in [6, 6.07) is 24.4. The lowest BCUT2D eigenvalue weighted by Crippen LogP contribution is -2.41. The molecule has 0 spiro atoms. The van der Waals surface area contributed by atoms with E-state index in [1.54, 1.807) is 4.90 Å². The molecule has 1 saturated carbocycles. The van der Waals surface area contributed by atoms with E-state index in [0.29, 0.717) is 18.7 Å². The van der Waals surface area contributed by atoms with Crippen LogP contribution in [0.25, 0.3) is 0 Å². The molecule has 0 aromatic heterocycles. The summed E-state index contributed by atoms with van der Waals surface area (Å²) in [5.41, 5.74) is 5.72.